The van der Waals surface area contributed by atoms with Gasteiger partial charge in [-0.2, -0.15) is 0 Å². The minimum absolute atomic E-state index is 0.299. The number of aryl methyl sites for hydroxylation is 2. The SMILES string of the molecule is Cc1cc(C)c2c(c1)N[C@@H](c1ccc3c(c1)OCO3)[C@H]1CC=C[C@@H]21. The van der Waals surface area contributed by atoms with E-state index in [1.165, 1.54) is 27.9 Å². The monoisotopic (exact) mass is 319 g/mol. The van der Waals surface area contributed by atoms with Gasteiger partial charge in [0.05, 0.1) is 6.04 Å². The topological polar surface area (TPSA) is 30.5 Å². The van der Waals surface area contributed by atoms with Crippen LogP contribution in [-0.4, -0.2) is 6.79 Å². The summed E-state index contributed by atoms with van der Waals surface area (Å²) in [4.78, 5) is 0. The Labute approximate surface area is 142 Å². The van der Waals surface area contributed by atoms with Crippen LogP contribution in [0, 0.1) is 19.8 Å². The van der Waals surface area contributed by atoms with E-state index in [9.17, 15) is 0 Å². The number of anilines is 1. The van der Waals surface area contributed by atoms with Crippen LogP contribution in [0.25, 0.3) is 0 Å². The highest BCUT2D eigenvalue weighted by Crippen LogP contribution is 2.51. The lowest BCUT2D eigenvalue weighted by atomic mass is 9.75. The molecule has 2 aliphatic heterocycles. The van der Waals surface area contributed by atoms with E-state index in [0.717, 1.165) is 17.9 Å². The average molecular weight is 319 g/mol. The van der Waals surface area contributed by atoms with Gasteiger partial charge in [-0.1, -0.05) is 24.3 Å². The number of benzene rings is 2. The van der Waals surface area contributed by atoms with Crippen LogP contribution >= 0.6 is 0 Å². The van der Waals surface area contributed by atoms with Crippen molar-refractivity contribution in [3.63, 3.8) is 0 Å². The maximum Gasteiger partial charge on any atom is 0.231 e. The van der Waals surface area contributed by atoms with Gasteiger partial charge in [-0.3, -0.25) is 0 Å². The van der Waals surface area contributed by atoms with Crippen LogP contribution in [0.1, 0.15) is 40.6 Å². The Bertz CT molecular complexity index is 855. The first-order valence-electron chi connectivity index (χ1n) is 8.64. The molecule has 3 nitrogen and oxygen atoms in total. The van der Waals surface area contributed by atoms with E-state index in [1.807, 2.05) is 6.07 Å². The fraction of sp³-hybridized carbons (Fsp3) is 0.333. The van der Waals surface area contributed by atoms with E-state index < -0.39 is 0 Å². The van der Waals surface area contributed by atoms with Crippen LogP contribution in [0.2, 0.25) is 0 Å². The van der Waals surface area contributed by atoms with Crippen LogP contribution in [0.4, 0.5) is 5.69 Å². The third-order valence-electron chi connectivity index (χ3n) is 5.57. The van der Waals surface area contributed by atoms with E-state index in [2.05, 4.69) is 55.6 Å². The van der Waals surface area contributed by atoms with Crippen molar-refractivity contribution in [3.05, 3.63) is 64.7 Å². The lowest BCUT2D eigenvalue weighted by Crippen LogP contribution is -2.29. The zero-order valence-electron chi connectivity index (χ0n) is 14.0. The molecule has 0 spiro atoms. The van der Waals surface area contributed by atoms with Gasteiger partial charge in [-0.25, -0.2) is 0 Å². The first-order valence-corrected chi connectivity index (χ1v) is 8.64. The fourth-order valence-corrected chi connectivity index (χ4v) is 4.58. The van der Waals surface area contributed by atoms with Gasteiger partial charge in [-0.15, -0.1) is 0 Å². The second-order valence-electron chi connectivity index (χ2n) is 7.13. The summed E-state index contributed by atoms with van der Waals surface area (Å²) in [5, 5.41) is 3.82. The minimum Gasteiger partial charge on any atom is -0.454 e. The van der Waals surface area contributed by atoms with E-state index in [0.29, 0.717) is 24.7 Å². The van der Waals surface area contributed by atoms with Crippen molar-refractivity contribution >= 4 is 5.69 Å². The summed E-state index contributed by atoms with van der Waals surface area (Å²) >= 11 is 0. The molecule has 0 saturated carbocycles. The first-order chi connectivity index (χ1) is 11.7. The van der Waals surface area contributed by atoms with Crippen LogP contribution in [-0.2, 0) is 0 Å². The van der Waals surface area contributed by atoms with Gasteiger partial charge in [0.1, 0.15) is 0 Å². The summed E-state index contributed by atoms with van der Waals surface area (Å²) in [5.74, 6) is 2.77. The number of ether oxygens (including phenoxy) is 2. The van der Waals surface area contributed by atoms with Gasteiger partial charge in [0.25, 0.3) is 0 Å². The molecule has 0 fully saturated rings. The number of rotatable bonds is 1. The second-order valence-corrected chi connectivity index (χ2v) is 7.13. The number of nitrogens with one attached hydrogen (secondary N) is 1. The molecule has 0 amide bonds. The maximum atomic E-state index is 5.58. The van der Waals surface area contributed by atoms with Crippen molar-refractivity contribution in [1.29, 1.82) is 0 Å². The highest BCUT2D eigenvalue weighted by Gasteiger charge is 2.39. The molecule has 2 aromatic rings. The first kappa shape index (κ1) is 14.0. The van der Waals surface area contributed by atoms with Crippen LogP contribution in [0.15, 0.2) is 42.5 Å². The van der Waals surface area contributed by atoms with Gasteiger partial charge in [0.15, 0.2) is 11.5 Å². The van der Waals surface area contributed by atoms with Crippen molar-refractivity contribution in [3.8, 4) is 11.5 Å². The maximum absolute atomic E-state index is 5.58. The molecule has 0 saturated heterocycles. The Balaban J connectivity index is 1.61. The minimum atomic E-state index is 0.299. The number of hydrogen-bond acceptors (Lipinski definition) is 3. The van der Waals surface area contributed by atoms with Crippen molar-refractivity contribution in [2.75, 3.05) is 12.1 Å². The Kier molecular flexibility index (Phi) is 2.93. The predicted molar refractivity (Wildman–Crippen MR) is 94.8 cm³/mol. The number of hydrogen-bond donors (Lipinski definition) is 1. The molecule has 0 bridgehead atoms. The molecule has 0 radical (unpaired) electrons. The normalized spacial score (nSPS) is 26.0. The lowest BCUT2D eigenvalue weighted by Gasteiger charge is -2.38. The third kappa shape index (κ3) is 1.97. The molecule has 1 aliphatic carbocycles. The van der Waals surface area contributed by atoms with Crippen LogP contribution in [0.5, 0.6) is 11.5 Å². The zero-order chi connectivity index (χ0) is 16.3. The highest BCUT2D eigenvalue weighted by molar-refractivity contribution is 5.64. The average Bonchev–Trinajstić information content (AvgIpc) is 3.21. The van der Waals surface area contributed by atoms with Gasteiger partial charge >= 0.3 is 0 Å². The Hall–Kier alpha value is -2.42. The summed E-state index contributed by atoms with van der Waals surface area (Å²) in [7, 11) is 0. The second kappa shape index (κ2) is 5.04. The van der Waals surface area contributed by atoms with Gasteiger partial charge < -0.3 is 14.8 Å². The van der Waals surface area contributed by atoms with E-state index >= 15 is 0 Å². The van der Waals surface area contributed by atoms with Gasteiger partial charge in [0, 0.05) is 11.6 Å². The quantitative estimate of drug-likeness (QED) is 0.762. The van der Waals surface area contributed by atoms with Gasteiger partial charge in [-0.05, 0) is 66.6 Å². The van der Waals surface area contributed by atoms with Crippen molar-refractivity contribution < 1.29 is 9.47 Å². The Morgan fingerprint density at radius 2 is 1.92 bits per heavy atom. The standard InChI is InChI=1S/C21H21NO2/c1-12-8-13(2)20-15-4-3-5-16(15)21(22-17(20)9-12)14-6-7-18-19(10-14)24-11-23-18/h3-4,6-10,15-16,21-22H,5,11H2,1-2H3/t15-,16+,21+/m1/s1. The summed E-state index contributed by atoms with van der Waals surface area (Å²) in [6.07, 6.45) is 5.85. The van der Waals surface area contributed by atoms with E-state index in [4.69, 9.17) is 9.47 Å². The Morgan fingerprint density at radius 3 is 2.83 bits per heavy atom. The predicted octanol–water partition coefficient (Wildman–Crippen LogP) is 4.86. The summed E-state index contributed by atoms with van der Waals surface area (Å²) in [6, 6.07) is 11.2. The molecule has 3 heteroatoms. The lowest BCUT2D eigenvalue weighted by molar-refractivity contribution is 0.174. The molecule has 122 valence electrons. The summed E-state index contributed by atoms with van der Waals surface area (Å²) in [5.41, 5.74) is 6.73. The van der Waals surface area contributed by atoms with Crippen molar-refractivity contribution in [2.24, 2.45) is 5.92 Å². The molecule has 3 atom stereocenters. The molecule has 0 aromatic heterocycles. The largest absolute Gasteiger partial charge is 0.454 e. The molecule has 1 N–H and O–H groups in total. The number of fused-ring (bicyclic) bond motifs is 4. The van der Waals surface area contributed by atoms with Crippen LogP contribution in [0.3, 0.4) is 0 Å². The zero-order valence-corrected chi connectivity index (χ0v) is 14.0. The summed E-state index contributed by atoms with van der Waals surface area (Å²) in [6.45, 7) is 4.73. The smallest absolute Gasteiger partial charge is 0.231 e. The molecule has 3 aliphatic rings. The molecule has 2 aromatic carbocycles. The molecule has 0 unspecified atom stereocenters. The molecular formula is C21H21NO2. The van der Waals surface area contributed by atoms with Gasteiger partial charge in [0.2, 0.25) is 6.79 Å². The van der Waals surface area contributed by atoms with Crippen molar-refractivity contribution in [2.45, 2.75) is 32.2 Å². The molecule has 24 heavy (non-hydrogen) atoms. The Morgan fingerprint density at radius 1 is 1.04 bits per heavy atom. The fourth-order valence-electron chi connectivity index (χ4n) is 4.58. The molecule has 5 rings (SSSR count). The highest BCUT2D eigenvalue weighted by atomic mass is 16.7. The van der Waals surface area contributed by atoms with Crippen LogP contribution < -0.4 is 14.8 Å². The molecule has 2 heterocycles. The third-order valence-corrected chi connectivity index (χ3v) is 5.57. The van der Waals surface area contributed by atoms with E-state index in [1.54, 1.807) is 0 Å². The number of allylic oxidation sites excluding steroid dienone is 2. The summed E-state index contributed by atoms with van der Waals surface area (Å²) < 4.78 is 11.0. The van der Waals surface area contributed by atoms with Crippen molar-refractivity contribution in [1.82, 2.24) is 0 Å². The van der Waals surface area contributed by atoms with E-state index in [-0.39, 0.29) is 0 Å². The molecular weight excluding hydrogens is 298 g/mol.